The number of carbonyl (C=O) groups is 1. The molecular weight excluding hydrogens is 188 g/mol. The van der Waals surface area contributed by atoms with Gasteiger partial charge in [0.15, 0.2) is 0 Å². The number of nitriles is 1. The van der Waals surface area contributed by atoms with Gasteiger partial charge in [0.1, 0.15) is 0 Å². The number of rotatable bonds is 4. The first kappa shape index (κ1) is 12.0. The lowest BCUT2D eigenvalue weighted by atomic mass is 9.88. The summed E-state index contributed by atoms with van der Waals surface area (Å²) >= 11 is 0. The van der Waals surface area contributed by atoms with Gasteiger partial charge in [-0.3, -0.25) is 4.79 Å². The molecule has 1 aliphatic rings. The van der Waals surface area contributed by atoms with E-state index in [1.807, 2.05) is 6.92 Å². The molecule has 0 bridgehead atoms. The highest BCUT2D eigenvalue weighted by Crippen LogP contribution is 2.23. The van der Waals surface area contributed by atoms with Gasteiger partial charge in [-0.15, -0.1) is 0 Å². The molecule has 0 heterocycles. The van der Waals surface area contributed by atoms with E-state index in [1.54, 1.807) is 0 Å². The Hall–Kier alpha value is -1.04. The molecule has 1 unspecified atom stereocenters. The zero-order chi connectivity index (χ0) is 11.1. The molecule has 0 aromatic heterocycles. The maximum Gasteiger partial charge on any atom is 0.223 e. The minimum Gasteiger partial charge on any atom is -0.353 e. The third-order valence-electron chi connectivity index (χ3n) is 3.05. The molecule has 1 atom stereocenters. The van der Waals surface area contributed by atoms with Gasteiger partial charge < -0.3 is 5.32 Å². The first-order valence-corrected chi connectivity index (χ1v) is 5.91. The van der Waals surface area contributed by atoms with Gasteiger partial charge in [0, 0.05) is 18.4 Å². The van der Waals surface area contributed by atoms with Gasteiger partial charge in [0.2, 0.25) is 5.91 Å². The zero-order valence-electron chi connectivity index (χ0n) is 9.46. The van der Waals surface area contributed by atoms with Crippen molar-refractivity contribution in [3.8, 4) is 6.07 Å². The molecule has 0 radical (unpaired) electrons. The predicted molar refractivity (Wildman–Crippen MR) is 59.0 cm³/mol. The fourth-order valence-corrected chi connectivity index (χ4v) is 2.08. The van der Waals surface area contributed by atoms with Crippen LogP contribution in [0.15, 0.2) is 0 Å². The maximum atomic E-state index is 11.8. The van der Waals surface area contributed by atoms with Gasteiger partial charge in [0.05, 0.1) is 6.07 Å². The molecule has 84 valence electrons. The Morgan fingerprint density at radius 2 is 2.13 bits per heavy atom. The molecule has 0 aliphatic heterocycles. The second-order valence-corrected chi connectivity index (χ2v) is 4.44. The van der Waals surface area contributed by atoms with E-state index < -0.39 is 0 Å². The van der Waals surface area contributed by atoms with Gasteiger partial charge in [-0.25, -0.2) is 0 Å². The van der Waals surface area contributed by atoms with Crippen LogP contribution in [0, 0.1) is 17.2 Å². The standard InChI is InChI=1S/C12H20N2O/c1-10(6-5-9-13)14-12(15)11-7-3-2-4-8-11/h10-11H,2-8H2,1H3,(H,14,15). The minimum absolute atomic E-state index is 0.138. The molecule has 0 saturated heterocycles. The van der Waals surface area contributed by atoms with Gasteiger partial charge in [-0.1, -0.05) is 19.3 Å². The van der Waals surface area contributed by atoms with E-state index in [1.165, 1.54) is 19.3 Å². The van der Waals surface area contributed by atoms with Crippen molar-refractivity contribution >= 4 is 5.91 Å². The minimum atomic E-state index is 0.138. The summed E-state index contributed by atoms with van der Waals surface area (Å²) in [6.45, 7) is 1.97. The second kappa shape index (κ2) is 6.44. The number of nitrogens with zero attached hydrogens (tertiary/aromatic N) is 1. The summed E-state index contributed by atoms with van der Waals surface area (Å²) in [7, 11) is 0. The average molecular weight is 208 g/mol. The molecule has 15 heavy (non-hydrogen) atoms. The molecule has 0 aromatic rings. The summed E-state index contributed by atoms with van der Waals surface area (Å²) in [6.07, 6.45) is 7.00. The van der Waals surface area contributed by atoms with Crippen LogP contribution in [0.25, 0.3) is 0 Å². The van der Waals surface area contributed by atoms with Crippen LogP contribution in [0.1, 0.15) is 51.9 Å². The fraction of sp³-hybridized carbons (Fsp3) is 0.833. The molecule has 0 spiro atoms. The third kappa shape index (κ3) is 4.33. The van der Waals surface area contributed by atoms with Gasteiger partial charge in [-0.2, -0.15) is 5.26 Å². The molecule has 3 heteroatoms. The quantitative estimate of drug-likeness (QED) is 0.771. The van der Waals surface area contributed by atoms with Crippen molar-refractivity contribution in [2.45, 2.75) is 57.9 Å². The van der Waals surface area contributed by atoms with Crippen LogP contribution in [0.4, 0.5) is 0 Å². The first-order chi connectivity index (χ1) is 7.24. The summed E-state index contributed by atoms with van der Waals surface area (Å²) in [6, 6.07) is 2.24. The van der Waals surface area contributed by atoms with Crippen LogP contribution in [0.2, 0.25) is 0 Å². The van der Waals surface area contributed by atoms with Crippen LogP contribution < -0.4 is 5.32 Å². The van der Waals surface area contributed by atoms with Crippen molar-refractivity contribution in [3.05, 3.63) is 0 Å². The monoisotopic (exact) mass is 208 g/mol. The van der Waals surface area contributed by atoms with Crippen molar-refractivity contribution in [3.63, 3.8) is 0 Å². The zero-order valence-corrected chi connectivity index (χ0v) is 9.46. The SMILES string of the molecule is CC(CCC#N)NC(=O)C1CCCCC1. The smallest absolute Gasteiger partial charge is 0.223 e. The summed E-state index contributed by atoms with van der Waals surface area (Å²) < 4.78 is 0. The molecule has 0 aromatic carbocycles. The van der Waals surface area contributed by atoms with Crippen molar-refractivity contribution in [1.29, 1.82) is 5.26 Å². The Bertz CT molecular complexity index is 238. The highest BCUT2D eigenvalue weighted by Gasteiger charge is 2.21. The van der Waals surface area contributed by atoms with E-state index in [0.29, 0.717) is 6.42 Å². The van der Waals surface area contributed by atoms with E-state index in [2.05, 4.69) is 11.4 Å². The number of hydrogen-bond acceptors (Lipinski definition) is 2. The summed E-state index contributed by atoms with van der Waals surface area (Å²) in [5.74, 6) is 0.420. The van der Waals surface area contributed by atoms with Crippen molar-refractivity contribution in [1.82, 2.24) is 5.32 Å². The molecule has 1 N–H and O–H groups in total. The summed E-state index contributed by atoms with van der Waals surface area (Å²) in [4.78, 5) is 11.8. The molecule has 1 aliphatic carbocycles. The maximum absolute atomic E-state index is 11.8. The molecular formula is C12H20N2O. The van der Waals surface area contributed by atoms with E-state index >= 15 is 0 Å². The number of carbonyl (C=O) groups excluding carboxylic acids is 1. The lowest BCUT2D eigenvalue weighted by molar-refractivity contribution is -0.126. The van der Waals surface area contributed by atoms with Gasteiger partial charge >= 0.3 is 0 Å². The van der Waals surface area contributed by atoms with Crippen LogP contribution in [0.3, 0.4) is 0 Å². The molecule has 1 amide bonds. The largest absolute Gasteiger partial charge is 0.353 e. The lowest BCUT2D eigenvalue weighted by Crippen LogP contribution is -2.37. The van der Waals surface area contributed by atoms with E-state index in [4.69, 9.17) is 5.26 Å². The van der Waals surface area contributed by atoms with Crippen molar-refractivity contribution < 1.29 is 4.79 Å². The van der Waals surface area contributed by atoms with Crippen LogP contribution in [0.5, 0.6) is 0 Å². The Labute approximate surface area is 91.9 Å². The lowest BCUT2D eigenvalue weighted by Gasteiger charge is -2.22. The Kier molecular flexibility index (Phi) is 5.17. The number of amides is 1. The van der Waals surface area contributed by atoms with Crippen LogP contribution in [-0.2, 0) is 4.79 Å². The molecule has 1 fully saturated rings. The predicted octanol–water partition coefficient (Wildman–Crippen LogP) is 2.38. The fourth-order valence-electron chi connectivity index (χ4n) is 2.08. The molecule has 1 saturated carbocycles. The second-order valence-electron chi connectivity index (χ2n) is 4.44. The average Bonchev–Trinajstić information content (AvgIpc) is 2.27. The number of nitrogens with one attached hydrogen (secondary N) is 1. The Morgan fingerprint density at radius 3 is 2.73 bits per heavy atom. The van der Waals surface area contributed by atoms with Gasteiger partial charge in [-0.05, 0) is 26.2 Å². The highest BCUT2D eigenvalue weighted by molar-refractivity contribution is 5.78. The number of hydrogen-bond donors (Lipinski definition) is 1. The normalized spacial score (nSPS) is 19.2. The summed E-state index contributed by atoms with van der Waals surface area (Å²) in [5.41, 5.74) is 0. The summed E-state index contributed by atoms with van der Waals surface area (Å²) in [5, 5.41) is 11.4. The Balaban J connectivity index is 2.24. The highest BCUT2D eigenvalue weighted by atomic mass is 16.1. The van der Waals surface area contributed by atoms with Gasteiger partial charge in [0.25, 0.3) is 0 Å². The van der Waals surface area contributed by atoms with E-state index in [0.717, 1.165) is 19.3 Å². The third-order valence-corrected chi connectivity index (χ3v) is 3.05. The van der Waals surface area contributed by atoms with Crippen LogP contribution in [-0.4, -0.2) is 11.9 Å². The van der Waals surface area contributed by atoms with Crippen LogP contribution >= 0.6 is 0 Å². The van der Waals surface area contributed by atoms with Crippen molar-refractivity contribution in [2.24, 2.45) is 5.92 Å². The topological polar surface area (TPSA) is 52.9 Å². The van der Waals surface area contributed by atoms with E-state index in [-0.39, 0.29) is 17.9 Å². The molecule has 1 rings (SSSR count). The first-order valence-electron chi connectivity index (χ1n) is 5.91. The van der Waals surface area contributed by atoms with Crippen molar-refractivity contribution in [2.75, 3.05) is 0 Å². The van der Waals surface area contributed by atoms with E-state index in [9.17, 15) is 4.79 Å². The Morgan fingerprint density at radius 1 is 1.47 bits per heavy atom. The molecule has 3 nitrogen and oxygen atoms in total.